The Morgan fingerprint density at radius 2 is 1.86 bits per heavy atom. The summed E-state index contributed by atoms with van der Waals surface area (Å²) in [6.07, 6.45) is 0.733. The van der Waals surface area contributed by atoms with E-state index in [1.165, 1.54) is 12.1 Å². The van der Waals surface area contributed by atoms with Crippen LogP contribution in [0.3, 0.4) is 0 Å². The van der Waals surface area contributed by atoms with E-state index in [1.807, 2.05) is 24.3 Å². The summed E-state index contributed by atoms with van der Waals surface area (Å²) in [6.45, 7) is 1.55. The van der Waals surface area contributed by atoms with Gasteiger partial charge < -0.3 is 15.2 Å². The maximum atomic E-state index is 12.9. The van der Waals surface area contributed by atoms with Crippen LogP contribution in [-0.4, -0.2) is 13.2 Å². The number of hydrogen-bond donors (Lipinski definition) is 1. The van der Waals surface area contributed by atoms with Gasteiger partial charge in [-0.25, -0.2) is 4.39 Å². The van der Waals surface area contributed by atoms with Gasteiger partial charge >= 0.3 is 0 Å². The summed E-state index contributed by atoms with van der Waals surface area (Å²) in [7, 11) is 0. The van der Waals surface area contributed by atoms with Crippen molar-refractivity contribution in [3.8, 4) is 11.5 Å². The third kappa shape index (κ3) is 5.02. The Morgan fingerprint density at radius 3 is 2.62 bits per heavy atom. The molecule has 0 spiro atoms. The van der Waals surface area contributed by atoms with Crippen LogP contribution in [0.2, 0.25) is 0 Å². The Kier molecular flexibility index (Phi) is 6.02. The van der Waals surface area contributed by atoms with Crippen molar-refractivity contribution in [3.05, 3.63) is 58.3 Å². The molecule has 5 heteroatoms. The lowest BCUT2D eigenvalue weighted by atomic mass is 10.2. The van der Waals surface area contributed by atoms with Gasteiger partial charge in [0, 0.05) is 13.0 Å². The van der Waals surface area contributed by atoms with Crippen molar-refractivity contribution in [2.45, 2.75) is 13.0 Å². The molecule has 0 amide bonds. The maximum absolute atomic E-state index is 12.9. The highest BCUT2D eigenvalue weighted by atomic mass is 79.9. The van der Waals surface area contributed by atoms with Gasteiger partial charge in [0.15, 0.2) is 0 Å². The highest BCUT2D eigenvalue weighted by molar-refractivity contribution is 9.10. The third-order valence-corrected chi connectivity index (χ3v) is 3.46. The lowest BCUT2D eigenvalue weighted by Gasteiger charge is -2.10. The Labute approximate surface area is 132 Å². The Hall–Kier alpha value is -1.59. The van der Waals surface area contributed by atoms with Crippen molar-refractivity contribution in [1.82, 2.24) is 0 Å². The molecule has 0 aliphatic carbocycles. The van der Waals surface area contributed by atoms with Gasteiger partial charge in [-0.15, -0.1) is 0 Å². The molecular weight excluding hydrogens is 337 g/mol. The van der Waals surface area contributed by atoms with E-state index in [2.05, 4.69) is 15.9 Å². The summed E-state index contributed by atoms with van der Waals surface area (Å²) in [4.78, 5) is 0. The fraction of sp³-hybridized carbons (Fsp3) is 0.250. The summed E-state index contributed by atoms with van der Waals surface area (Å²) in [5, 5.41) is 0. The van der Waals surface area contributed by atoms with Crippen LogP contribution in [0.25, 0.3) is 0 Å². The second kappa shape index (κ2) is 8.00. The quantitative estimate of drug-likeness (QED) is 0.767. The molecule has 0 saturated carbocycles. The van der Waals surface area contributed by atoms with Gasteiger partial charge in [-0.2, -0.15) is 0 Å². The van der Waals surface area contributed by atoms with Crippen LogP contribution in [-0.2, 0) is 6.54 Å². The number of hydrogen-bond acceptors (Lipinski definition) is 3. The molecule has 2 N–H and O–H groups in total. The largest absolute Gasteiger partial charge is 0.493 e. The normalized spacial score (nSPS) is 10.4. The molecule has 0 saturated heterocycles. The molecule has 21 heavy (non-hydrogen) atoms. The molecule has 2 aromatic carbocycles. The molecule has 0 bridgehead atoms. The van der Waals surface area contributed by atoms with E-state index in [-0.39, 0.29) is 5.82 Å². The molecule has 0 unspecified atom stereocenters. The summed E-state index contributed by atoms with van der Waals surface area (Å²) in [5.74, 6) is 1.14. The second-order valence-electron chi connectivity index (χ2n) is 4.48. The van der Waals surface area contributed by atoms with Crippen LogP contribution in [0.4, 0.5) is 4.39 Å². The van der Waals surface area contributed by atoms with Crippen LogP contribution >= 0.6 is 15.9 Å². The van der Waals surface area contributed by atoms with Crippen molar-refractivity contribution in [2.75, 3.05) is 13.2 Å². The molecule has 3 nitrogen and oxygen atoms in total. The fourth-order valence-corrected chi connectivity index (χ4v) is 2.25. The SMILES string of the molecule is NCc1cccc(OCCCOc2ccc(F)cc2Br)c1. The highest BCUT2D eigenvalue weighted by Gasteiger charge is 2.02. The summed E-state index contributed by atoms with van der Waals surface area (Å²) in [6, 6.07) is 12.1. The van der Waals surface area contributed by atoms with Crippen LogP contribution < -0.4 is 15.2 Å². The number of halogens is 2. The smallest absolute Gasteiger partial charge is 0.133 e. The van der Waals surface area contributed by atoms with E-state index in [9.17, 15) is 4.39 Å². The Morgan fingerprint density at radius 1 is 1.05 bits per heavy atom. The van der Waals surface area contributed by atoms with E-state index in [1.54, 1.807) is 6.07 Å². The first kappa shape index (κ1) is 15.8. The van der Waals surface area contributed by atoms with Crippen molar-refractivity contribution >= 4 is 15.9 Å². The number of ether oxygens (including phenoxy) is 2. The highest BCUT2D eigenvalue weighted by Crippen LogP contribution is 2.25. The van der Waals surface area contributed by atoms with Crippen LogP contribution in [0.1, 0.15) is 12.0 Å². The van der Waals surface area contributed by atoms with Crippen LogP contribution in [0, 0.1) is 5.82 Å². The molecule has 0 atom stereocenters. The Bertz CT molecular complexity index is 592. The van der Waals surface area contributed by atoms with E-state index in [0.29, 0.717) is 30.0 Å². The zero-order valence-electron chi connectivity index (χ0n) is 11.5. The number of nitrogens with two attached hydrogens (primary N) is 1. The van der Waals surface area contributed by atoms with Gasteiger partial charge in [0.1, 0.15) is 17.3 Å². The third-order valence-electron chi connectivity index (χ3n) is 2.84. The van der Waals surface area contributed by atoms with E-state index in [0.717, 1.165) is 17.7 Å². The zero-order valence-corrected chi connectivity index (χ0v) is 13.1. The maximum Gasteiger partial charge on any atom is 0.133 e. The molecule has 2 rings (SSSR count). The molecule has 0 aliphatic rings. The monoisotopic (exact) mass is 353 g/mol. The van der Waals surface area contributed by atoms with Gasteiger partial charge in [0.05, 0.1) is 17.7 Å². The molecule has 112 valence electrons. The van der Waals surface area contributed by atoms with Gasteiger partial charge in [0.2, 0.25) is 0 Å². The van der Waals surface area contributed by atoms with Gasteiger partial charge in [-0.3, -0.25) is 0 Å². The van der Waals surface area contributed by atoms with Gasteiger partial charge in [0.25, 0.3) is 0 Å². The fourth-order valence-electron chi connectivity index (χ4n) is 1.79. The van der Waals surface area contributed by atoms with Crippen molar-refractivity contribution in [3.63, 3.8) is 0 Å². The lowest BCUT2D eigenvalue weighted by Crippen LogP contribution is -2.05. The Balaban J connectivity index is 1.72. The molecule has 0 aromatic heterocycles. The standard InChI is InChI=1S/C16H17BrFNO2/c17-15-10-13(18)5-6-16(15)21-8-2-7-20-14-4-1-3-12(9-14)11-19/h1,3-6,9-10H,2,7-8,11,19H2. The van der Waals surface area contributed by atoms with Gasteiger partial charge in [-0.1, -0.05) is 12.1 Å². The van der Waals surface area contributed by atoms with E-state index >= 15 is 0 Å². The minimum absolute atomic E-state index is 0.294. The first-order valence-corrected chi connectivity index (χ1v) is 7.48. The molecule has 2 aromatic rings. The first-order chi connectivity index (χ1) is 10.2. The molecule has 0 aliphatic heterocycles. The van der Waals surface area contributed by atoms with E-state index < -0.39 is 0 Å². The molecular formula is C16H17BrFNO2. The average Bonchev–Trinajstić information content (AvgIpc) is 2.49. The van der Waals surface area contributed by atoms with E-state index in [4.69, 9.17) is 15.2 Å². The topological polar surface area (TPSA) is 44.5 Å². The minimum atomic E-state index is -0.294. The van der Waals surface area contributed by atoms with Crippen LogP contribution in [0.5, 0.6) is 11.5 Å². The van der Waals surface area contributed by atoms with Crippen molar-refractivity contribution < 1.29 is 13.9 Å². The van der Waals surface area contributed by atoms with Crippen LogP contribution in [0.15, 0.2) is 46.9 Å². The minimum Gasteiger partial charge on any atom is -0.493 e. The predicted octanol–water partition coefficient (Wildman–Crippen LogP) is 3.89. The molecule has 0 fully saturated rings. The van der Waals surface area contributed by atoms with Gasteiger partial charge in [-0.05, 0) is 51.8 Å². The zero-order chi connectivity index (χ0) is 15.1. The number of rotatable bonds is 7. The first-order valence-electron chi connectivity index (χ1n) is 6.68. The predicted molar refractivity (Wildman–Crippen MR) is 84.0 cm³/mol. The summed E-state index contributed by atoms with van der Waals surface area (Å²) < 4.78 is 24.7. The molecule has 0 radical (unpaired) electrons. The number of benzene rings is 2. The van der Waals surface area contributed by atoms with Crippen molar-refractivity contribution in [1.29, 1.82) is 0 Å². The lowest BCUT2D eigenvalue weighted by molar-refractivity contribution is 0.246. The summed E-state index contributed by atoms with van der Waals surface area (Å²) >= 11 is 3.26. The average molecular weight is 354 g/mol. The second-order valence-corrected chi connectivity index (χ2v) is 5.33. The molecule has 0 heterocycles. The van der Waals surface area contributed by atoms with Crippen molar-refractivity contribution in [2.24, 2.45) is 5.73 Å². The summed E-state index contributed by atoms with van der Waals surface area (Å²) in [5.41, 5.74) is 6.62.